The van der Waals surface area contributed by atoms with E-state index in [2.05, 4.69) is 37.5 Å². The van der Waals surface area contributed by atoms with Gasteiger partial charge in [-0.05, 0) is 38.8 Å². The number of fused-ring (bicyclic) bond motifs is 1. The maximum Gasteiger partial charge on any atom is 0.310 e. The summed E-state index contributed by atoms with van der Waals surface area (Å²) < 4.78 is 7.97. The van der Waals surface area contributed by atoms with Crippen LogP contribution in [-0.4, -0.2) is 50.4 Å². The number of aromatic hydroxyl groups is 1. The molecule has 2 unspecified atom stereocenters. The number of hydrogen-bond donors (Lipinski definition) is 1. The molecule has 0 spiro atoms. The van der Waals surface area contributed by atoms with Crippen LogP contribution in [0.5, 0.6) is 5.75 Å². The van der Waals surface area contributed by atoms with Gasteiger partial charge in [0.15, 0.2) is 18.9 Å². The van der Waals surface area contributed by atoms with Crippen molar-refractivity contribution in [3.8, 4) is 5.75 Å². The summed E-state index contributed by atoms with van der Waals surface area (Å²) in [4.78, 5) is 23.8. The number of non-ortho nitro benzene ring substituents is 1. The van der Waals surface area contributed by atoms with Gasteiger partial charge in [0.05, 0.1) is 16.3 Å². The smallest absolute Gasteiger partial charge is 0.310 e. The molecule has 2 aliphatic heterocycles. The van der Waals surface area contributed by atoms with E-state index in [1.165, 1.54) is 18.2 Å². The Morgan fingerprint density at radius 3 is 2.78 bits per heavy atom. The summed E-state index contributed by atoms with van der Waals surface area (Å²) in [5, 5.41) is 21.8. The lowest BCUT2D eigenvalue weighted by molar-refractivity contribution is -0.440. The van der Waals surface area contributed by atoms with Crippen molar-refractivity contribution in [3.63, 3.8) is 0 Å². The van der Waals surface area contributed by atoms with Crippen LogP contribution in [-0.2, 0) is 14.9 Å². The zero-order valence-electron chi connectivity index (χ0n) is 21.4. The van der Waals surface area contributed by atoms with E-state index in [1.54, 1.807) is 16.9 Å². The number of benzene rings is 2. The van der Waals surface area contributed by atoms with E-state index >= 15 is 0 Å². The van der Waals surface area contributed by atoms with E-state index < -0.39 is 4.92 Å². The highest BCUT2D eigenvalue weighted by molar-refractivity contribution is 8.77. The number of rotatable bonds is 10. The molecule has 2 aromatic carbocycles. The normalized spacial score (nSPS) is 19.3. The molecule has 0 saturated carbocycles. The topological polar surface area (TPSA) is 92.7 Å². The quantitative estimate of drug-likeness (QED) is 0.121. The number of ether oxygens (including phenoxy) is 1. The van der Waals surface area contributed by atoms with Gasteiger partial charge >= 0.3 is 5.97 Å². The van der Waals surface area contributed by atoms with Gasteiger partial charge in [-0.25, -0.2) is 0 Å². The van der Waals surface area contributed by atoms with Crippen LogP contribution in [0.4, 0.5) is 11.4 Å². The molecular formula is C28H33N2O5S2+. The van der Waals surface area contributed by atoms with Gasteiger partial charge in [0.25, 0.3) is 5.69 Å². The van der Waals surface area contributed by atoms with Crippen LogP contribution in [0.15, 0.2) is 48.5 Å². The van der Waals surface area contributed by atoms with Crippen molar-refractivity contribution in [1.82, 2.24) is 0 Å². The molecule has 0 aliphatic carbocycles. The Bertz CT molecular complexity index is 1230. The first-order valence-corrected chi connectivity index (χ1v) is 15.0. The van der Waals surface area contributed by atoms with Crippen molar-refractivity contribution < 1.29 is 24.1 Å². The molecule has 0 bridgehead atoms. The molecule has 2 aromatic rings. The summed E-state index contributed by atoms with van der Waals surface area (Å²) in [5.41, 5.74) is 3.08. The highest BCUT2D eigenvalue weighted by Crippen LogP contribution is 2.43. The fourth-order valence-corrected chi connectivity index (χ4v) is 8.23. The first-order chi connectivity index (χ1) is 17.7. The van der Waals surface area contributed by atoms with E-state index in [9.17, 15) is 20.0 Å². The number of nitrogens with zero attached hydrogens (tertiary/aromatic N) is 2. The SMILES string of the molecule is CCCC(C(=O)OCC[N+]1=C(/C=C/c2cc([N+](=O)[O-])ccc2O)C(C)(C)c2ccccc21)C1CCSS1. The molecule has 4 rings (SSSR count). The van der Waals surface area contributed by atoms with Crippen molar-refractivity contribution in [2.45, 2.75) is 50.7 Å². The number of allylic oxidation sites excluding steroid dienone is 1. The first-order valence-electron chi connectivity index (χ1n) is 12.6. The molecule has 2 aliphatic rings. The van der Waals surface area contributed by atoms with Gasteiger partial charge in [0.1, 0.15) is 5.75 Å². The third-order valence-electron chi connectivity index (χ3n) is 7.03. The van der Waals surface area contributed by atoms with Crippen LogP contribution in [0.1, 0.15) is 51.2 Å². The molecule has 196 valence electrons. The highest BCUT2D eigenvalue weighted by Gasteiger charge is 2.44. The average molecular weight is 542 g/mol. The number of carbonyl (C=O) groups excluding carboxylic acids is 1. The van der Waals surface area contributed by atoms with Gasteiger partial charge in [-0.3, -0.25) is 14.9 Å². The second kappa shape index (κ2) is 11.7. The Morgan fingerprint density at radius 1 is 1.30 bits per heavy atom. The number of para-hydroxylation sites is 1. The zero-order valence-corrected chi connectivity index (χ0v) is 23.0. The molecule has 0 aromatic heterocycles. The van der Waals surface area contributed by atoms with E-state index in [-0.39, 0.29) is 35.3 Å². The van der Waals surface area contributed by atoms with Crippen LogP contribution in [0, 0.1) is 16.0 Å². The summed E-state index contributed by atoms with van der Waals surface area (Å²) in [6.45, 7) is 7.09. The number of phenols is 1. The highest BCUT2D eigenvalue weighted by atomic mass is 33.1. The lowest BCUT2D eigenvalue weighted by Gasteiger charge is -2.19. The molecule has 37 heavy (non-hydrogen) atoms. The molecular weight excluding hydrogens is 508 g/mol. The van der Waals surface area contributed by atoms with Crippen LogP contribution >= 0.6 is 21.6 Å². The maximum atomic E-state index is 13.0. The van der Waals surface area contributed by atoms with Crippen LogP contribution in [0.2, 0.25) is 0 Å². The van der Waals surface area contributed by atoms with Crippen molar-refractivity contribution in [2.24, 2.45) is 5.92 Å². The minimum atomic E-state index is -0.478. The van der Waals surface area contributed by atoms with Crippen molar-refractivity contribution in [3.05, 3.63) is 69.8 Å². The van der Waals surface area contributed by atoms with Crippen molar-refractivity contribution >= 4 is 50.7 Å². The van der Waals surface area contributed by atoms with Gasteiger partial charge in [-0.2, -0.15) is 4.58 Å². The summed E-state index contributed by atoms with van der Waals surface area (Å²) >= 11 is 0. The molecule has 2 atom stereocenters. The lowest BCUT2D eigenvalue weighted by Crippen LogP contribution is -2.30. The summed E-state index contributed by atoms with van der Waals surface area (Å²) in [5.74, 6) is 0.855. The molecule has 2 heterocycles. The second-order valence-electron chi connectivity index (χ2n) is 9.82. The third-order valence-corrected chi connectivity index (χ3v) is 10.0. The summed E-state index contributed by atoms with van der Waals surface area (Å²) in [6.07, 6.45) is 6.42. The largest absolute Gasteiger partial charge is 0.507 e. The number of nitro benzene ring substituents is 1. The molecule has 0 radical (unpaired) electrons. The number of hydrogen-bond acceptors (Lipinski definition) is 7. The second-order valence-corrected chi connectivity index (χ2v) is 12.5. The van der Waals surface area contributed by atoms with Gasteiger partial charge in [0, 0.05) is 46.4 Å². The Hall–Kier alpha value is -2.78. The van der Waals surface area contributed by atoms with Crippen molar-refractivity contribution in [1.29, 1.82) is 0 Å². The van der Waals surface area contributed by atoms with E-state index in [0.29, 0.717) is 17.4 Å². The monoisotopic (exact) mass is 541 g/mol. The molecule has 1 fully saturated rings. The molecule has 7 nitrogen and oxygen atoms in total. The van der Waals surface area contributed by atoms with Crippen molar-refractivity contribution in [2.75, 3.05) is 18.9 Å². The van der Waals surface area contributed by atoms with E-state index in [0.717, 1.165) is 42.0 Å². The number of esters is 1. The predicted molar refractivity (Wildman–Crippen MR) is 151 cm³/mol. The van der Waals surface area contributed by atoms with Gasteiger partial charge in [-0.15, -0.1) is 0 Å². The van der Waals surface area contributed by atoms with Crippen LogP contribution in [0.3, 0.4) is 0 Å². The summed E-state index contributed by atoms with van der Waals surface area (Å²) in [6, 6.07) is 12.1. The van der Waals surface area contributed by atoms with E-state index in [4.69, 9.17) is 4.74 Å². The average Bonchev–Trinajstić information content (AvgIpc) is 3.47. The summed E-state index contributed by atoms with van der Waals surface area (Å²) in [7, 11) is 3.64. The number of carbonyl (C=O) groups is 1. The third kappa shape index (κ3) is 5.88. The molecule has 9 heteroatoms. The van der Waals surface area contributed by atoms with Gasteiger partial charge < -0.3 is 9.84 Å². The Morgan fingerprint density at radius 2 is 2.08 bits per heavy atom. The Kier molecular flexibility index (Phi) is 8.64. The molecule has 0 amide bonds. The minimum Gasteiger partial charge on any atom is -0.507 e. The molecule has 1 saturated heterocycles. The van der Waals surface area contributed by atoms with Crippen LogP contribution < -0.4 is 0 Å². The lowest BCUT2D eigenvalue weighted by atomic mass is 9.81. The zero-order chi connectivity index (χ0) is 26.6. The Balaban J connectivity index is 1.59. The Labute approximate surface area is 225 Å². The number of nitro groups is 1. The van der Waals surface area contributed by atoms with Gasteiger partial charge in [0.2, 0.25) is 5.69 Å². The van der Waals surface area contributed by atoms with Gasteiger partial charge in [-0.1, -0.05) is 53.1 Å². The fourth-order valence-electron chi connectivity index (χ4n) is 5.07. The van der Waals surface area contributed by atoms with E-state index in [1.807, 2.05) is 29.0 Å². The molecule has 1 N–H and O–H groups in total. The minimum absolute atomic E-state index is 0.0267. The predicted octanol–water partition coefficient (Wildman–Crippen LogP) is 6.50. The number of phenolic OH excluding ortho intramolecular Hbond substituents is 1. The fraction of sp³-hybridized carbons (Fsp3) is 0.429. The van der Waals surface area contributed by atoms with Crippen LogP contribution in [0.25, 0.3) is 6.08 Å². The maximum absolute atomic E-state index is 13.0. The standard InChI is InChI=1S/C28H32N2O5S2/c1-4-7-21(25-14-17-36-37-25)27(32)35-16-15-29-23-9-6-5-8-22(23)28(2,3)26(29)13-10-19-18-20(30(33)34)11-12-24(19)31/h5-6,8-13,18,21,25H,4,7,14-17H2,1-3H3/p+1. The first kappa shape index (κ1) is 27.3.